The molecule has 2 amide bonds. The van der Waals surface area contributed by atoms with Crippen molar-refractivity contribution in [3.8, 4) is 0 Å². The van der Waals surface area contributed by atoms with Crippen LogP contribution in [0.15, 0.2) is 33.4 Å². The minimum atomic E-state index is -0.461. The molecule has 1 fully saturated rings. The molecule has 0 aliphatic heterocycles. The predicted molar refractivity (Wildman–Crippen MR) is 158 cm³/mol. The Kier molecular flexibility index (Phi) is 13.0. The van der Waals surface area contributed by atoms with Crippen LogP contribution in [0.1, 0.15) is 75.6 Å². The molecular weight excluding hydrogens is 568 g/mol. The Morgan fingerprint density at radius 1 is 1.05 bits per heavy atom. The molecule has 1 aromatic heterocycles. The maximum Gasteiger partial charge on any atom is 0.306 e. The Labute approximate surface area is 248 Å². The van der Waals surface area contributed by atoms with Crippen molar-refractivity contribution in [1.29, 1.82) is 0 Å². The van der Waals surface area contributed by atoms with Crippen molar-refractivity contribution >= 4 is 56.9 Å². The summed E-state index contributed by atoms with van der Waals surface area (Å²) in [6.45, 7) is 4.14. The molecule has 1 aliphatic carbocycles. The van der Waals surface area contributed by atoms with Gasteiger partial charge >= 0.3 is 11.9 Å². The van der Waals surface area contributed by atoms with E-state index in [1.54, 1.807) is 58.8 Å². The molecule has 0 saturated heterocycles. The first kappa shape index (κ1) is 32.5. The van der Waals surface area contributed by atoms with Crippen LogP contribution in [0.3, 0.4) is 0 Å². The van der Waals surface area contributed by atoms with Crippen molar-refractivity contribution < 1.29 is 33.3 Å². The summed E-state index contributed by atoms with van der Waals surface area (Å²) in [5.41, 5.74) is 2.46. The van der Waals surface area contributed by atoms with Gasteiger partial charge < -0.3 is 19.3 Å². The summed E-state index contributed by atoms with van der Waals surface area (Å²) in [7, 11) is 6.75. The fraction of sp³-hybridized carbons (Fsp3) is 0.571. The lowest BCUT2D eigenvalue weighted by Crippen LogP contribution is -2.41. The molecule has 0 bridgehead atoms. The summed E-state index contributed by atoms with van der Waals surface area (Å²) in [6.07, 6.45) is 4.64. The van der Waals surface area contributed by atoms with Crippen molar-refractivity contribution in [3.05, 3.63) is 34.4 Å². The third-order valence-corrected chi connectivity index (χ3v) is 9.82. The quantitative estimate of drug-likeness (QED) is 0.118. The molecule has 11 nitrogen and oxygen atoms in total. The highest BCUT2D eigenvalue weighted by Gasteiger charge is 2.29. The molecule has 0 radical (unpaired) electrons. The fourth-order valence-corrected chi connectivity index (χ4v) is 6.98. The van der Waals surface area contributed by atoms with Gasteiger partial charge in [-0.05, 0) is 67.5 Å². The lowest BCUT2D eigenvalue weighted by molar-refractivity contribution is -0.155. The summed E-state index contributed by atoms with van der Waals surface area (Å²) in [5, 5.41) is 7.56. The molecule has 1 saturated carbocycles. The van der Waals surface area contributed by atoms with Gasteiger partial charge in [-0.2, -0.15) is 0 Å². The Balaban J connectivity index is 1.36. The van der Waals surface area contributed by atoms with Crippen molar-refractivity contribution in [1.82, 2.24) is 20.1 Å². The molecule has 41 heavy (non-hydrogen) atoms. The molecule has 1 heterocycles. The van der Waals surface area contributed by atoms with Gasteiger partial charge in [0.15, 0.2) is 0 Å². The van der Waals surface area contributed by atoms with Crippen LogP contribution in [0.2, 0.25) is 0 Å². The number of rotatable bonds is 15. The molecule has 3 rings (SSSR count). The highest BCUT2D eigenvalue weighted by Crippen LogP contribution is 2.35. The average molecular weight is 607 g/mol. The molecule has 1 aromatic carbocycles. The standard InChI is InChI=1S/C28H38N4O7S2/c1-5-16-40-41-25(19(2)31(3)18-33)14-15-37-26(34)12-13-27(35)38-22-9-7-21(8-10-22)32(4)28(36)20-6-11-23-24(17-20)30-39-29-23/h6,11,17-18,21-22H,5,7-10,12-16H2,1-4H3/b25-19-/t21-,22-. The first-order chi connectivity index (χ1) is 19.7. The molecular formula is C28H38N4O7S2. The Hall–Kier alpha value is -3.06. The fourth-order valence-electron chi connectivity index (χ4n) is 4.37. The van der Waals surface area contributed by atoms with Crippen LogP contribution >= 0.6 is 21.6 Å². The summed E-state index contributed by atoms with van der Waals surface area (Å²) in [5.74, 6) is -0.0257. The molecule has 0 atom stereocenters. The van der Waals surface area contributed by atoms with Crippen LogP contribution in [0.25, 0.3) is 11.0 Å². The van der Waals surface area contributed by atoms with E-state index < -0.39 is 11.9 Å². The lowest BCUT2D eigenvalue weighted by Gasteiger charge is -2.34. The van der Waals surface area contributed by atoms with E-state index in [0.717, 1.165) is 29.2 Å². The van der Waals surface area contributed by atoms with Crippen LogP contribution in [-0.2, 0) is 23.9 Å². The average Bonchev–Trinajstić information content (AvgIpc) is 3.46. The van der Waals surface area contributed by atoms with Gasteiger partial charge in [0.1, 0.15) is 17.1 Å². The predicted octanol–water partition coefficient (Wildman–Crippen LogP) is 4.97. The van der Waals surface area contributed by atoms with E-state index in [4.69, 9.17) is 14.1 Å². The van der Waals surface area contributed by atoms with Gasteiger partial charge in [0, 0.05) is 48.5 Å². The molecule has 0 N–H and O–H groups in total. The monoisotopic (exact) mass is 606 g/mol. The maximum atomic E-state index is 13.0. The number of carbonyl (C=O) groups is 4. The van der Waals surface area contributed by atoms with Crippen molar-refractivity contribution in [3.63, 3.8) is 0 Å². The highest BCUT2D eigenvalue weighted by atomic mass is 33.1. The number of ether oxygens (including phenoxy) is 2. The number of nitrogens with zero attached hydrogens (tertiary/aromatic N) is 4. The maximum absolute atomic E-state index is 13.0. The summed E-state index contributed by atoms with van der Waals surface area (Å²) in [4.78, 5) is 52.9. The van der Waals surface area contributed by atoms with Gasteiger partial charge in [-0.25, -0.2) is 4.63 Å². The minimum Gasteiger partial charge on any atom is -0.465 e. The number of esters is 2. The number of aromatic nitrogens is 2. The van der Waals surface area contributed by atoms with Gasteiger partial charge in [0.05, 0.1) is 19.4 Å². The highest BCUT2D eigenvalue weighted by molar-refractivity contribution is 8.78. The van der Waals surface area contributed by atoms with E-state index in [2.05, 4.69) is 17.2 Å². The summed E-state index contributed by atoms with van der Waals surface area (Å²) >= 11 is 0. The van der Waals surface area contributed by atoms with Crippen molar-refractivity contribution in [2.45, 2.75) is 77.4 Å². The normalized spacial score (nSPS) is 17.5. The van der Waals surface area contributed by atoms with Gasteiger partial charge in [0.2, 0.25) is 6.41 Å². The van der Waals surface area contributed by atoms with Gasteiger partial charge in [-0.15, -0.1) is 0 Å². The molecule has 13 heteroatoms. The second-order valence-corrected chi connectivity index (χ2v) is 12.4. The van der Waals surface area contributed by atoms with E-state index in [-0.39, 0.29) is 37.5 Å². The minimum absolute atomic E-state index is 0.0333. The lowest BCUT2D eigenvalue weighted by atomic mass is 9.91. The molecule has 0 unspecified atom stereocenters. The van der Waals surface area contributed by atoms with Crippen LogP contribution in [0.5, 0.6) is 0 Å². The van der Waals surface area contributed by atoms with Crippen LogP contribution in [-0.4, -0.2) is 83.0 Å². The number of allylic oxidation sites excluding steroid dienone is 1. The summed E-state index contributed by atoms with van der Waals surface area (Å²) < 4.78 is 15.6. The van der Waals surface area contributed by atoms with E-state index >= 15 is 0 Å². The van der Waals surface area contributed by atoms with E-state index in [0.29, 0.717) is 48.7 Å². The van der Waals surface area contributed by atoms with Gasteiger partial charge in [-0.1, -0.05) is 28.5 Å². The first-order valence-electron chi connectivity index (χ1n) is 13.7. The van der Waals surface area contributed by atoms with E-state index in [1.807, 2.05) is 6.92 Å². The van der Waals surface area contributed by atoms with Crippen LogP contribution in [0.4, 0.5) is 0 Å². The second kappa shape index (κ2) is 16.4. The Morgan fingerprint density at radius 2 is 1.76 bits per heavy atom. The SMILES string of the molecule is CCCSS/C(CCOC(=O)CCC(=O)O[C@H]1CC[C@H](N(C)C(=O)c2ccc3nonc3c2)CC1)=C(/C)N(C)C=O. The van der Waals surface area contributed by atoms with Crippen LogP contribution < -0.4 is 0 Å². The number of benzene rings is 1. The molecule has 224 valence electrons. The number of amides is 2. The second-order valence-electron chi connectivity index (χ2n) is 9.90. The largest absolute Gasteiger partial charge is 0.465 e. The summed E-state index contributed by atoms with van der Waals surface area (Å²) in [6, 6.07) is 5.11. The van der Waals surface area contributed by atoms with Crippen molar-refractivity contribution in [2.24, 2.45) is 0 Å². The third-order valence-electron chi connectivity index (χ3n) is 6.97. The zero-order valence-corrected chi connectivity index (χ0v) is 25.6. The van der Waals surface area contributed by atoms with E-state index in [9.17, 15) is 19.2 Å². The zero-order valence-electron chi connectivity index (χ0n) is 24.0. The van der Waals surface area contributed by atoms with Gasteiger partial charge in [0.25, 0.3) is 5.91 Å². The molecule has 0 spiro atoms. The Morgan fingerprint density at radius 3 is 2.46 bits per heavy atom. The van der Waals surface area contributed by atoms with Crippen LogP contribution in [0, 0.1) is 0 Å². The molecule has 2 aromatic rings. The van der Waals surface area contributed by atoms with E-state index in [1.165, 1.54) is 4.90 Å². The van der Waals surface area contributed by atoms with Crippen molar-refractivity contribution in [2.75, 3.05) is 26.5 Å². The number of fused-ring (bicyclic) bond motifs is 1. The number of hydrogen-bond acceptors (Lipinski definition) is 11. The Bertz CT molecular complexity index is 1230. The molecule has 1 aliphatic rings. The third kappa shape index (κ3) is 9.77. The first-order valence-corrected chi connectivity index (χ1v) is 16.1. The number of carbonyl (C=O) groups excluding carboxylic acids is 4. The zero-order chi connectivity index (χ0) is 29.8. The number of hydrogen-bond donors (Lipinski definition) is 0. The van der Waals surface area contributed by atoms with Gasteiger partial charge in [-0.3, -0.25) is 19.2 Å². The topological polar surface area (TPSA) is 132 Å². The smallest absolute Gasteiger partial charge is 0.306 e.